The first-order chi connectivity index (χ1) is 11.0. The van der Waals surface area contributed by atoms with Crippen molar-refractivity contribution in [1.29, 1.82) is 0 Å². The molecular weight excluding hydrogens is 292 g/mol. The predicted octanol–water partition coefficient (Wildman–Crippen LogP) is 2.56. The summed E-state index contributed by atoms with van der Waals surface area (Å²) in [6.45, 7) is 4.25. The number of aliphatic hydroxyl groups is 1. The molecule has 0 bridgehead atoms. The number of rotatable bonds is 6. The number of amides is 1. The van der Waals surface area contributed by atoms with E-state index in [1.165, 1.54) is 0 Å². The molecular formula is C18H22N2O3. The monoisotopic (exact) mass is 314 g/mol. The number of aliphatic hydroxyl groups excluding tert-OH is 1. The van der Waals surface area contributed by atoms with E-state index in [9.17, 15) is 9.90 Å². The summed E-state index contributed by atoms with van der Waals surface area (Å²) in [7, 11) is 1.55. The number of hydrogen-bond acceptors (Lipinski definition) is 4. The average molecular weight is 314 g/mol. The zero-order valence-electron chi connectivity index (χ0n) is 13.6. The minimum Gasteiger partial charge on any atom is -0.497 e. The van der Waals surface area contributed by atoms with Crippen molar-refractivity contribution in [3.8, 4) is 5.75 Å². The quantitative estimate of drug-likeness (QED) is 0.890. The van der Waals surface area contributed by atoms with Crippen LogP contribution >= 0.6 is 0 Å². The van der Waals surface area contributed by atoms with Gasteiger partial charge in [-0.3, -0.25) is 9.78 Å². The van der Waals surface area contributed by atoms with Gasteiger partial charge in [0.25, 0.3) is 5.91 Å². The Bertz CT molecular complexity index is 644. The Morgan fingerprint density at radius 3 is 2.70 bits per heavy atom. The maximum absolute atomic E-state index is 12.7. The van der Waals surface area contributed by atoms with Crippen LogP contribution in [0.4, 0.5) is 0 Å². The summed E-state index contributed by atoms with van der Waals surface area (Å²) in [5, 5.41) is 10.4. The predicted molar refractivity (Wildman–Crippen MR) is 87.9 cm³/mol. The molecule has 0 fully saturated rings. The van der Waals surface area contributed by atoms with Crippen molar-refractivity contribution in [3.63, 3.8) is 0 Å². The van der Waals surface area contributed by atoms with Crippen LogP contribution in [0.5, 0.6) is 5.75 Å². The Kier molecular flexibility index (Phi) is 5.71. The summed E-state index contributed by atoms with van der Waals surface area (Å²) < 4.78 is 5.14. The van der Waals surface area contributed by atoms with Crippen molar-refractivity contribution in [2.75, 3.05) is 7.11 Å². The lowest BCUT2D eigenvalue weighted by Gasteiger charge is -2.29. The van der Waals surface area contributed by atoms with Crippen molar-refractivity contribution < 1.29 is 14.6 Å². The molecule has 1 amide bonds. The summed E-state index contributed by atoms with van der Waals surface area (Å²) in [6, 6.07) is 10.6. The molecule has 1 aromatic heterocycles. The number of methoxy groups -OCH3 is 1. The third kappa shape index (κ3) is 4.29. The summed E-state index contributed by atoms with van der Waals surface area (Å²) >= 11 is 0. The molecule has 122 valence electrons. The Balaban J connectivity index is 2.19. The lowest BCUT2D eigenvalue weighted by Crippen LogP contribution is -2.39. The third-order valence-corrected chi connectivity index (χ3v) is 3.63. The van der Waals surface area contributed by atoms with Gasteiger partial charge in [0.15, 0.2) is 6.10 Å². The first-order valence-corrected chi connectivity index (χ1v) is 7.54. The van der Waals surface area contributed by atoms with Crippen LogP contribution in [0, 0.1) is 0 Å². The third-order valence-electron chi connectivity index (χ3n) is 3.63. The SMILES string of the molecule is COc1cccc(C(O)C(=O)N(Cc2cccnc2)C(C)C)c1. The Labute approximate surface area is 136 Å². The van der Waals surface area contributed by atoms with Gasteiger partial charge in [0.1, 0.15) is 5.75 Å². The summed E-state index contributed by atoms with van der Waals surface area (Å²) in [4.78, 5) is 18.4. The average Bonchev–Trinajstić information content (AvgIpc) is 2.59. The van der Waals surface area contributed by atoms with Crippen LogP contribution < -0.4 is 4.74 Å². The first-order valence-electron chi connectivity index (χ1n) is 7.54. The lowest BCUT2D eigenvalue weighted by molar-refractivity contribution is -0.143. The van der Waals surface area contributed by atoms with Gasteiger partial charge in [-0.15, -0.1) is 0 Å². The zero-order chi connectivity index (χ0) is 16.8. The van der Waals surface area contributed by atoms with E-state index >= 15 is 0 Å². The van der Waals surface area contributed by atoms with Gasteiger partial charge in [-0.2, -0.15) is 0 Å². The van der Waals surface area contributed by atoms with Crippen molar-refractivity contribution in [3.05, 3.63) is 59.9 Å². The normalized spacial score (nSPS) is 12.0. The van der Waals surface area contributed by atoms with Gasteiger partial charge in [-0.25, -0.2) is 0 Å². The first kappa shape index (κ1) is 17.0. The van der Waals surface area contributed by atoms with Crippen LogP contribution in [0.3, 0.4) is 0 Å². The number of carbonyl (C=O) groups is 1. The number of ether oxygens (including phenoxy) is 1. The second-order valence-electron chi connectivity index (χ2n) is 5.60. The molecule has 2 aromatic rings. The smallest absolute Gasteiger partial charge is 0.256 e. The highest BCUT2D eigenvalue weighted by molar-refractivity contribution is 5.82. The van der Waals surface area contributed by atoms with E-state index < -0.39 is 6.10 Å². The van der Waals surface area contributed by atoms with Gasteiger partial charge in [0, 0.05) is 25.0 Å². The molecule has 0 saturated heterocycles. The zero-order valence-corrected chi connectivity index (χ0v) is 13.6. The van der Waals surface area contributed by atoms with Crippen molar-refractivity contribution in [1.82, 2.24) is 9.88 Å². The molecule has 23 heavy (non-hydrogen) atoms. The number of carbonyl (C=O) groups excluding carboxylic acids is 1. The van der Waals surface area contributed by atoms with Crippen molar-refractivity contribution in [2.24, 2.45) is 0 Å². The van der Waals surface area contributed by atoms with Gasteiger partial charge in [0.2, 0.25) is 0 Å². The van der Waals surface area contributed by atoms with Gasteiger partial charge >= 0.3 is 0 Å². The van der Waals surface area contributed by atoms with Gasteiger partial charge in [-0.05, 0) is 43.2 Å². The Morgan fingerprint density at radius 2 is 2.09 bits per heavy atom. The molecule has 0 radical (unpaired) electrons. The van der Waals surface area contributed by atoms with Crippen LogP contribution in [0.25, 0.3) is 0 Å². The van der Waals surface area contributed by atoms with Crippen LogP contribution in [-0.4, -0.2) is 34.0 Å². The number of benzene rings is 1. The number of aromatic nitrogens is 1. The maximum atomic E-state index is 12.7. The van der Waals surface area contributed by atoms with Crippen LogP contribution in [-0.2, 0) is 11.3 Å². The van der Waals surface area contributed by atoms with Crippen molar-refractivity contribution in [2.45, 2.75) is 32.5 Å². The summed E-state index contributed by atoms with van der Waals surface area (Å²) in [5.74, 6) is 0.273. The van der Waals surface area contributed by atoms with E-state index in [0.29, 0.717) is 17.9 Å². The Morgan fingerprint density at radius 1 is 1.30 bits per heavy atom. The number of nitrogens with zero attached hydrogens (tertiary/aromatic N) is 2. The van der Waals surface area contributed by atoms with E-state index in [1.807, 2.05) is 26.0 Å². The fraction of sp³-hybridized carbons (Fsp3) is 0.333. The van der Waals surface area contributed by atoms with E-state index in [0.717, 1.165) is 5.56 Å². The summed E-state index contributed by atoms with van der Waals surface area (Å²) in [6.07, 6.45) is 2.20. The molecule has 5 nitrogen and oxygen atoms in total. The van der Waals surface area contributed by atoms with Crippen LogP contribution in [0.15, 0.2) is 48.8 Å². The lowest BCUT2D eigenvalue weighted by atomic mass is 10.1. The molecule has 0 aliphatic carbocycles. The molecule has 1 heterocycles. The minimum absolute atomic E-state index is 0.0389. The standard InChI is InChI=1S/C18H22N2O3/c1-13(2)20(12-14-6-5-9-19-11-14)18(22)17(21)15-7-4-8-16(10-15)23-3/h4-11,13,17,21H,12H2,1-3H3. The number of pyridine rings is 1. The van der Waals surface area contributed by atoms with Gasteiger partial charge in [-0.1, -0.05) is 18.2 Å². The molecule has 0 aliphatic heterocycles. The van der Waals surface area contributed by atoms with Gasteiger partial charge < -0.3 is 14.7 Å². The highest BCUT2D eigenvalue weighted by Gasteiger charge is 2.26. The van der Waals surface area contributed by atoms with E-state index in [2.05, 4.69) is 4.98 Å². The van der Waals surface area contributed by atoms with E-state index in [4.69, 9.17) is 4.74 Å². The molecule has 1 aromatic carbocycles. The second kappa shape index (κ2) is 7.74. The second-order valence-corrected chi connectivity index (χ2v) is 5.60. The molecule has 2 rings (SSSR count). The summed E-state index contributed by atoms with van der Waals surface area (Å²) in [5.41, 5.74) is 1.44. The number of hydrogen-bond donors (Lipinski definition) is 1. The molecule has 0 spiro atoms. The minimum atomic E-state index is -1.22. The topological polar surface area (TPSA) is 62.7 Å². The molecule has 0 aliphatic rings. The molecule has 1 atom stereocenters. The molecule has 5 heteroatoms. The fourth-order valence-electron chi connectivity index (χ4n) is 2.31. The van der Waals surface area contributed by atoms with Crippen LogP contribution in [0.1, 0.15) is 31.1 Å². The largest absolute Gasteiger partial charge is 0.497 e. The highest BCUT2D eigenvalue weighted by Crippen LogP contribution is 2.22. The van der Waals surface area contributed by atoms with E-state index in [1.54, 1.807) is 48.7 Å². The molecule has 1 unspecified atom stereocenters. The van der Waals surface area contributed by atoms with Crippen molar-refractivity contribution >= 4 is 5.91 Å². The highest BCUT2D eigenvalue weighted by atomic mass is 16.5. The van der Waals surface area contributed by atoms with Gasteiger partial charge in [0.05, 0.1) is 7.11 Å². The fourth-order valence-corrected chi connectivity index (χ4v) is 2.31. The maximum Gasteiger partial charge on any atom is 0.256 e. The molecule has 1 N–H and O–H groups in total. The van der Waals surface area contributed by atoms with Crippen LogP contribution in [0.2, 0.25) is 0 Å². The molecule has 0 saturated carbocycles. The van der Waals surface area contributed by atoms with E-state index in [-0.39, 0.29) is 11.9 Å². The Hall–Kier alpha value is -2.40.